The van der Waals surface area contributed by atoms with E-state index in [1.807, 2.05) is 36.8 Å². The average Bonchev–Trinajstić information content (AvgIpc) is 3.83. The molecule has 0 aliphatic carbocycles. The lowest BCUT2D eigenvalue weighted by Gasteiger charge is -2.50. The second-order valence-electron chi connectivity index (χ2n) is 13.4. The normalized spacial score (nSPS) is 16.2. The fourth-order valence-electron chi connectivity index (χ4n) is 6.47. The molecule has 4 aromatic rings. The number of halogens is 3. The van der Waals surface area contributed by atoms with Crippen molar-refractivity contribution >= 4 is 35.3 Å². The minimum Gasteiger partial charge on any atom is -0.483 e. The van der Waals surface area contributed by atoms with E-state index in [0.29, 0.717) is 48.6 Å². The minimum atomic E-state index is -4.52. The number of rotatable bonds is 10. The van der Waals surface area contributed by atoms with E-state index in [0.717, 1.165) is 25.2 Å². The van der Waals surface area contributed by atoms with Crippen molar-refractivity contribution in [3.8, 4) is 12.1 Å². The Morgan fingerprint density at radius 2 is 1.88 bits per heavy atom. The van der Waals surface area contributed by atoms with Crippen LogP contribution in [0.5, 0.6) is 0 Å². The van der Waals surface area contributed by atoms with E-state index in [9.17, 15) is 28.5 Å². The molecule has 1 amide bonds. The second-order valence-corrected chi connectivity index (χ2v) is 13.4. The topological polar surface area (TPSA) is 190 Å². The van der Waals surface area contributed by atoms with E-state index in [2.05, 4.69) is 42.6 Å². The van der Waals surface area contributed by atoms with E-state index >= 15 is 0 Å². The molecule has 270 valence electrons. The number of nitrogens with zero attached hydrogens (tertiary/aromatic N) is 12. The Kier molecular flexibility index (Phi) is 10.5. The predicted molar refractivity (Wildman–Crippen MR) is 176 cm³/mol. The first-order valence-corrected chi connectivity index (χ1v) is 16.1. The number of amides is 1. The molecular formula is C32H38F3N13O3. The number of carbonyl (C=O) groups is 2. The Balaban J connectivity index is 0.00000162. The summed E-state index contributed by atoms with van der Waals surface area (Å²) in [7, 11) is 2.03. The van der Waals surface area contributed by atoms with Gasteiger partial charge in [0.25, 0.3) is 6.47 Å². The number of nitrogens with one attached hydrogen (secondary N) is 1. The molecule has 2 aliphatic rings. The highest BCUT2D eigenvalue weighted by Gasteiger charge is 2.47. The van der Waals surface area contributed by atoms with Crippen molar-refractivity contribution in [2.45, 2.75) is 57.4 Å². The van der Waals surface area contributed by atoms with Crippen LogP contribution in [0.15, 0.2) is 43.1 Å². The molecule has 2 fully saturated rings. The van der Waals surface area contributed by atoms with Gasteiger partial charge in [0.2, 0.25) is 11.9 Å². The summed E-state index contributed by atoms with van der Waals surface area (Å²) in [6.45, 7) is 6.20. The quantitative estimate of drug-likeness (QED) is 0.229. The number of pyridine rings is 1. The van der Waals surface area contributed by atoms with E-state index in [4.69, 9.17) is 9.90 Å². The fourth-order valence-corrected chi connectivity index (χ4v) is 6.47. The van der Waals surface area contributed by atoms with Crippen LogP contribution in [0.25, 0.3) is 5.65 Å². The smallest absolute Gasteiger partial charge is 0.419 e. The van der Waals surface area contributed by atoms with Crippen LogP contribution < -0.4 is 10.2 Å². The number of anilines is 3. The van der Waals surface area contributed by atoms with Crippen LogP contribution in [0.3, 0.4) is 0 Å². The molecule has 0 atom stereocenters. The van der Waals surface area contributed by atoms with Crippen molar-refractivity contribution in [3.05, 3.63) is 48.7 Å². The minimum absolute atomic E-state index is 0.00492. The van der Waals surface area contributed by atoms with E-state index < -0.39 is 22.7 Å². The molecule has 0 saturated carbocycles. The number of alkyl halides is 3. The number of fused-ring (bicyclic) bond motifs is 1. The Morgan fingerprint density at radius 3 is 2.51 bits per heavy atom. The lowest BCUT2D eigenvalue weighted by molar-refractivity contribution is -0.137. The summed E-state index contributed by atoms with van der Waals surface area (Å²) in [5, 5.41) is 41.6. The Morgan fingerprint density at radius 1 is 1.18 bits per heavy atom. The van der Waals surface area contributed by atoms with E-state index in [1.165, 1.54) is 4.68 Å². The van der Waals surface area contributed by atoms with Crippen LogP contribution in [-0.4, -0.2) is 107 Å². The van der Waals surface area contributed by atoms with Gasteiger partial charge >= 0.3 is 6.18 Å². The molecule has 0 bridgehead atoms. The number of carbonyl (C=O) groups excluding carboxylic acids is 1. The van der Waals surface area contributed by atoms with Gasteiger partial charge in [0.05, 0.1) is 53.3 Å². The van der Waals surface area contributed by atoms with Crippen molar-refractivity contribution in [2.75, 3.05) is 50.0 Å². The van der Waals surface area contributed by atoms with Crippen molar-refractivity contribution in [1.82, 2.24) is 44.0 Å². The zero-order valence-electron chi connectivity index (χ0n) is 28.3. The molecule has 0 aromatic carbocycles. The second kappa shape index (κ2) is 14.7. The summed E-state index contributed by atoms with van der Waals surface area (Å²) in [6, 6.07) is 8.39. The molecule has 2 aliphatic heterocycles. The molecule has 0 spiro atoms. The number of nitriles is 2. The SMILES string of the molecule is CN(CC(C)(C)C#N)C1CCN(C(=O)Cn2cc(Nc3nc4c(N5CC(CC#N)(n6cc(C(F)(F)F)cn6)C5)cccn4n3)cn2)CC1.O=CO. The summed E-state index contributed by atoms with van der Waals surface area (Å²) < 4.78 is 44.0. The predicted octanol–water partition coefficient (Wildman–Crippen LogP) is 3.19. The third-order valence-electron chi connectivity index (χ3n) is 9.03. The third-order valence-corrected chi connectivity index (χ3v) is 9.03. The molecule has 6 heterocycles. The third kappa shape index (κ3) is 8.21. The first-order chi connectivity index (χ1) is 24.2. The Hall–Kier alpha value is -5.69. The average molecular weight is 710 g/mol. The van der Waals surface area contributed by atoms with Gasteiger partial charge in [0.15, 0.2) is 5.65 Å². The summed E-state index contributed by atoms with van der Waals surface area (Å²) >= 11 is 0. The zero-order valence-corrected chi connectivity index (χ0v) is 28.3. The lowest BCUT2D eigenvalue weighted by Crippen LogP contribution is -2.63. The molecule has 16 nitrogen and oxygen atoms in total. The van der Waals surface area contributed by atoms with Gasteiger partial charge in [-0.1, -0.05) is 0 Å². The molecule has 4 aromatic heterocycles. The molecule has 19 heteroatoms. The van der Waals surface area contributed by atoms with Crippen LogP contribution in [0.1, 0.15) is 38.7 Å². The molecule has 51 heavy (non-hydrogen) atoms. The zero-order chi connectivity index (χ0) is 37.0. The van der Waals surface area contributed by atoms with Gasteiger partial charge in [0, 0.05) is 57.4 Å². The number of carboxylic acid groups (broad SMARTS) is 1. The Labute approximate surface area is 291 Å². The number of likely N-dealkylation sites (tertiary alicyclic amines) is 1. The summed E-state index contributed by atoms with van der Waals surface area (Å²) in [6.07, 6.45) is 3.91. The van der Waals surface area contributed by atoms with Gasteiger partial charge in [-0.05, 0) is 45.9 Å². The first-order valence-electron chi connectivity index (χ1n) is 16.1. The molecule has 6 rings (SSSR count). The van der Waals surface area contributed by atoms with E-state index in [-0.39, 0.29) is 38.4 Å². The maximum absolute atomic E-state index is 13.2. The maximum atomic E-state index is 13.2. The molecule has 0 radical (unpaired) electrons. The van der Waals surface area contributed by atoms with Crippen molar-refractivity contribution in [3.63, 3.8) is 0 Å². The van der Waals surface area contributed by atoms with E-state index in [1.54, 1.807) is 33.9 Å². The Bertz CT molecular complexity index is 1920. The van der Waals surface area contributed by atoms with Gasteiger partial charge in [0.1, 0.15) is 12.1 Å². The molecule has 2 saturated heterocycles. The summed E-state index contributed by atoms with van der Waals surface area (Å²) in [5.41, 5.74) is -0.361. The van der Waals surface area contributed by atoms with Gasteiger partial charge in [-0.25, -0.2) is 4.52 Å². The van der Waals surface area contributed by atoms with Crippen LogP contribution in [0.2, 0.25) is 0 Å². The van der Waals surface area contributed by atoms with Crippen LogP contribution >= 0.6 is 0 Å². The van der Waals surface area contributed by atoms with Gasteiger partial charge < -0.3 is 25.1 Å². The fraction of sp³-hybridized carbons (Fsp3) is 0.500. The standard InChI is InChI=1S/C31H36F3N13O.CH2O2/c1-29(2,18-36)19-42(3)24-6-11-43(12-7-24)26(48)17-45-16-23(14-37-45)39-28-40-27-25(5-4-10-46(27)41-28)44-20-30(21-44,8-9-35)47-15-22(13-38-47)31(32,33)34;2-1-3/h4-5,10,13-16,24H,6-8,11-12,17,19-21H2,1-3H3,(H,39,41);1H,(H,2,3). The highest BCUT2D eigenvalue weighted by molar-refractivity contribution is 5.76. The largest absolute Gasteiger partial charge is 0.483 e. The van der Waals surface area contributed by atoms with Gasteiger partial charge in [-0.3, -0.25) is 19.0 Å². The van der Waals surface area contributed by atoms with Crippen molar-refractivity contribution in [2.24, 2.45) is 5.41 Å². The molecule has 2 N–H and O–H groups in total. The maximum Gasteiger partial charge on any atom is 0.419 e. The highest BCUT2D eigenvalue weighted by atomic mass is 19.4. The first kappa shape index (κ1) is 36.6. The van der Waals surface area contributed by atoms with Crippen LogP contribution in [0, 0.1) is 28.1 Å². The molecule has 0 unspecified atom stereocenters. The van der Waals surface area contributed by atoms with Gasteiger partial charge in [-0.2, -0.15) is 38.9 Å². The number of hydrogen-bond donors (Lipinski definition) is 2. The van der Waals surface area contributed by atoms with Crippen molar-refractivity contribution < 1.29 is 27.9 Å². The number of aromatic nitrogens is 7. The summed E-state index contributed by atoms with van der Waals surface area (Å²) in [4.78, 5) is 32.0. The monoisotopic (exact) mass is 709 g/mol. The number of piperidine rings is 1. The van der Waals surface area contributed by atoms with Gasteiger partial charge in [-0.15, -0.1) is 5.10 Å². The highest BCUT2D eigenvalue weighted by Crippen LogP contribution is 2.39. The molecular weight excluding hydrogens is 671 g/mol. The van der Waals surface area contributed by atoms with Crippen LogP contribution in [0.4, 0.5) is 30.5 Å². The summed E-state index contributed by atoms with van der Waals surface area (Å²) in [5.74, 6) is 0.273. The lowest BCUT2D eigenvalue weighted by atomic mass is 9.86. The number of hydrogen-bond acceptors (Lipinski definition) is 11. The van der Waals surface area contributed by atoms with Crippen molar-refractivity contribution in [1.29, 1.82) is 10.5 Å². The van der Waals surface area contributed by atoms with Crippen LogP contribution in [-0.2, 0) is 27.8 Å².